The van der Waals surface area contributed by atoms with E-state index < -0.39 is 0 Å². The Labute approximate surface area is 137 Å². The fraction of sp³-hybridized carbons (Fsp3) is 0.235. The number of benzene rings is 2. The lowest BCUT2D eigenvalue weighted by atomic mass is 9.89. The molecule has 1 heterocycles. The summed E-state index contributed by atoms with van der Waals surface area (Å²) in [6.45, 7) is 0. The summed E-state index contributed by atoms with van der Waals surface area (Å²) in [5.74, 6) is 1.31. The molecule has 0 bridgehead atoms. The van der Waals surface area contributed by atoms with Gasteiger partial charge in [-0.2, -0.15) is 0 Å². The quantitative estimate of drug-likeness (QED) is 0.912. The number of nitrogens with one attached hydrogen (secondary N) is 1. The highest BCUT2D eigenvalue weighted by Gasteiger charge is 2.27. The smallest absolute Gasteiger partial charge is 0.225 e. The molecular weight excluding hydrogens is 346 g/mol. The van der Waals surface area contributed by atoms with Crippen LogP contribution in [0.25, 0.3) is 0 Å². The van der Waals surface area contributed by atoms with Gasteiger partial charge in [0.2, 0.25) is 5.91 Å². The Bertz CT molecular complexity index is 730. The van der Waals surface area contributed by atoms with Gasteiger partial charge in [0, 0.05) is 4.47 Å². The third kappa shape index (κ3) is 2.68. The zero-order valence-electron chi connectivity index (χ0n) is 12.4. The van der Waals surface area contributed by atoms with Gasteiger partial charge in [0.25, 0.3) is 0 Å². The summed E-state index contributed by atoms with van der Waals surface area (Å²) in [7, 11) is 3.21. The Hall–Kier alpha value is -2.01. The number of hydrogen-bond acceptors (Lipinski definition) is 3. The Balaban J connectivity index is 2.14. The molecule has 0 spiro atoms. The van der Waals surface area contributed by atoms with Gasteiger partial charge >= 0.3 is 0 Å². The second kappa shape index (κ2) is 6.01. The number of rotatable bonds is 3. The van der Waals surface area contributed by atoms with Crippen molar-refractivity contribution >= 4 is 21.8 Å². The highest BCUT2D eigenvalue weighted by Crippen LogP contribution is 2.37. The van der Waals surface area contributed by atoms with Crippen LogP contribution >= 0.6 is 15.9 Å². The number of ether oxygens (including phenoxy) is 2. The number of methoxy groups -OCH3 is 2. The summed E-state index contributed by atoms with van der Waals surface area (Å²) >= 11 is 3.48. The summed E-state index contributed by atoms with van der Waals surface area (Å²) in [6, 6.07) is 11.6. The number of amides is 1. The molecule has 2 aromatic carbocycles. The van der Waals surface area contributed by atoms with E-state index in [1.165, 1.54) is 0 Å². The van der Waals surface area contributed by atoms with Crippen molar-refractivity contribution in [2.75, 3.05) is 14.2 Å². The number of fused-ring (bicyclic) bond motifs is 1. The van der Waals surface area contributed by atoms with Crippen molar-refractivity contribution in [3.8, 4) is 11.5 Å². The van der Waals surface area contributed by atoms with Crippen LogP contribution in [0, 0.1) is 0 Å². The van der Waals surface area contributed by atoms with E-state index in [0.717, 1.165) is 21.2 Å². The normalized spacial score (nSPS) is 16.7. The molecule has 1 N–H and O–H groups in total. The SMILES string of the molecule is COc1cc2c(cc1OC)[C@H](c1cccc(Br)c1)NC(=O)C2. The Kier molecular flexibility index (Phi) is 4.07. The van der Waals surface area contributed by atoms with Crippen molar-refractivity contribution in [3.63, 3.8) is 0 Å². The summed E-state index contributed by atoms with van der Waals surface area (Å²) in [6.07, 6.45) is 0.347. The Morgan fingerprint density at radius 3 is 2.55 bits per heavy atom. The van der Waals surface area contributed by atoms with E-state index >= 15 is 0 Å². The molecule has 0 radical (unpaired) electrons. The van der Waals surface area contributed by atoms with Crippen molar-refractivity contribution in [1.29, 1.82) is 0 Å². The molecule has 1 aliphatic heterocycles. The summed E-state index contributed by atoms with van der Waals surface area (Å²) in [5, 5.41) is 3.05. The van der Waals surface area contributed by atoms with E-state index in [1.54, 1.807) is 14.2 Å². The summed E-state index contributed by atoms with van der Waals surface area (Å²) in [5.41, 5.74) is 3.03. The highest BCUT2D eigenvalue weighted by atomic mass is 79.9. The van der Waals surface area contributed by atoms with Crippen molar-refractivity contribution in [1.82, 2.24) is 5.32 Å². The van der Waals surface area contributed by atoms with Gasteiger partial charge in [0.15, 0.2) is 11.5 Å². The summed E-state index contributed by atoms with van der Waals surface area (Å²) < 4.78 is 11.7. The molecule has 1 atom stereocenters. The van der Waals surface area contributed by atoms with Gasteiger partial charge in [0.05, 0.1) is 26.7 Å². The standard InChI is InChI=1S/C17H16BrNO3/c1-21-14-7-11-8-16(20)19-17(13(11)9-15(14)22-2)10-4-3-5-12(18)6-10/h3-7,9,17H,8H2,1-2H3,(H,19,20)/t17-/m0/s1. The molecule has 1 aliphatic rings. The van der Waals surface area contributed by atoms with Gasteiger partial charge in [-0.25, -0.2) is 0 Å². The number of carbonyl (C=O) groups excluding carboxylic acids is 1. The lowest BCUT2D eigenvalue weighted by Gasteiger charge is -2.28. The Morgan fingerprint density at radius 2 is 1.86 bits per heavy atom. The van der Waals surface area contributed by atoms with Crippen molar-refractivity contribution in [3.05, 3.63) is 57.6 Å². The fourth-order valence-corrected chi connectivity index (χ4v) is 3.19. The number of halogens is 1. The topological polar surface area (TPSA) is 47.6 Å². The van der Waals surface area contributed by atoms with Crippen molar-refractivity contribution < 1.29 is 14.3 Å². The minimum atomic E-state index is -0.187. The van der Waals surface area contributed by atoms with Crippen molar-refractivity contribution in [2.45, 2.75) is 12.5 Å². The molecule has 0 unspecified atom stereocenters. The first kappa shape index (κ1) is 14.9. The van der Waals surface area contributed by atoms with Crippen LogP contribution in [0.5, 0.6) is 11.5 Å². The lowest BCUT2D eigenvalue weighted by molar-refractivity contribution is -0.121. The van der Waals surface area contributed by atoms with Gasteiger partial charge in [-0.15, -0.1) is 0 Å². The zero-order chi connectivity index (χ0) is 15.7. The average Bonchev–Trinajstić information content (AvgIpc) is 2.52. The molecule has 22 heavy (non-hydrogen) atoms. The predicted molar refractivity (Wildman–Crippen MR) is 87.4 cm³/mol. The van der Waals surface area contributed by atoms with Gasteiger partial charge in [-0.3, -0.25) is 4.79 Å². The van der Waals surface area contributed by atoms with E-state index in [1.807, 2.05) is 36.4 Å². The van der Waals surface area contributed by atoms with Crippen LogP contribution in [-0.2, 0) is 11.2 Å². The Morgan fingerprint density at radius 1 is 1.14 bits per heavy atom. The number of carbonyl (C=O) groups is 1. The predicted octanol–water partition coefficient (Wildman–Crippen LogP) is 3.23. The molecule has 0 aliphatic carbocycles. The van der Waals surface area contributed by atoms with Crippen LogP contribution in [0.4, 0.5) is 0 Å². The molecule has 5 heteroatoms. The minimum Gasteiger partial charge on any atom is -0.493 e. The average molecular weight is 362 g/mol. The van der Waals surface area contributed by atoms with Crippen LogP contribution in [0.3, 0.4) is 0 Å². The maximum Gasteiger partial charge on any atom is 0.225 e. The second-order valence-corrected chi connectivity index (χ2v) is 6.05. The maximum atomic E-state index is 12.1. The van der Waals surface area contributed by atoms with Gasteiger partial charge in [-0.1, -0.05) is 28.1 Å². The molecule has 3 rings (SSSR count). The van der Waals surface area contributed by atoms with E-state index in [9.17, 15) is 4.79 Å². The third-order valence-corrected chi connectivity index (χ3v) is 4.29. The molecule has 4 nitrogen and oxygen atoms in total. The summed E-state index contributed by atoms with van der Waals surface area (Å²) in [4.78, 5) is 12.1. The zero-order valence-corrected chi connectivity index (χ0v) is 13.9. The maximum absolute atomic E-state index is 12.1. The number of hydrogen-bond donors (Lipinski definition) is 1. The third-order valence-electron chi connectivity index (χ3n) is 3.79. The molecule has 114 valence electrons. The second-order valence-electron chi connectivity index (χ2n) is 5.14. The largest absolute Gasteiger partial charge is 0.493 e. The molecule has 0 saturated carbocycles. The first-order valence-electron chi connectivity index (χ1n) is 6.92. The highest BCUT2D eigenvalue weighted by molar-refractivity contribution is 9.10. The van der Waals surface area contributed by atoms with Crippen LogP contribution in [0.2, 0.25) is 0 Å². The van der Waals surface area contributed by atoms with Gasteiger partial charge < -0.3 is 14.8 Å². The first-order chi connectivity index (χ1) is 10.6. The van der Waals surface area contributed by atoms with E-state index in [4.69, 9.17) is 9.47 Å². The molecule has 2 aromatic rings. The molecule has 0 fully saturated rings. The lowest BCUT2D eigenvalue weighted by Crippen LogP contribution is -2.35. The van der Waals surface area contributed by atoms with Crippen LogP contribution in [-0.4, -0.2) is 20.1 Å². The molecule has 1 amide bonds. The van der Waals surface area contributed by atoms with Gasteiger partial charge in [0.1, 0.15) is 0 Å². The van der Waals surface area contributed by atoms with Crippen molar-refractivity contribution in [2.24, 2.45) is 0 Å². The molecule has 0 aromatic heterocycles. The monoisotopic (exact) mass is 361 g/mol. The van der Waals surface area contributed by atoms with Gasteiger partial charge in [-0.05, 0) is 41.0 Å². The van der Waals surface area contributed by atoms with Crippen LogP contribution in [0.15, 0.2) is 40.9 Å². The van der Waals surface area contributed by atoms with E-state index in [-0.39, 0.29) is 11.9 Å². The van der Waals surface area contributed by atoms with E-state index in [0.29, 0.717) is 17.9 Å². The van der Waals surface area contributed by atoms with E-state index in [2.05, 4.69) is 21.2 Å². The molecular formula is C17H16BrNO3. The van der Waals surface area contributed by atoms with Crippen LogP contribution in [0.1, 0.15) is 22.7 Å². The fourth-order valence-electron chi connectivity index (χ4n) is 2.77. The minimum absolute atomic E-state index is 0.00435. The molecule has 0 saturated heterocycles. The van der Waals surface area contributed by atoms with Crippen LogP contribution < -0.4 is 14.8 Å². The first-order valence-corrected chi connectivity index (χ1v) is 7.71.